The van der Waals surface area contributed by atoms with Gasteiger partial charge in [0.25, 0.3) is 0 Å². The van der Waals surface area contributed by atoms with E-state index in [9.17, 15) is 4.79 Å². The van der Waals surface area contributed by atoms with E-state index >= 15 is 0 Å². The molecule has 0 unspecified atom stereocenters. The molecule has 1 nitrogen and oxygen atoms in total. The molecule has 14 heavy (non-hydrogen) atoms. The zero-order valence-corrected chi connectivity index (χ0v) is 9.38. The van der Waals surface area contributed by atoms with E-state index in [0.717, 1.165) is 16.5 Å². The van der Waals surface area contributed by atoms with E-state index in [2.05, 4.69) is 21.9 Å². The Balaban J connectivity index is 2.57. The van der Waals surface area contributed by atoms with Gasteiger partial charge in [-0.25, -0.2) is 0 Å². The highest BCUT2D eigenvalue weighted by Crippen LogP contribution is 2.14. The van der Waals surface area contributed by atoms with Crippen molar-refractivity contribution in [3.8, 4) is 12.3 Å². The summed E-state index contributed by atoms with van der Waals surface area (Å²) in [4.78, 5) is 11.6. The van der Waals surface area contributed by atoms with Crippen molar-refractivity contribution >= 4 is 21.7 Å². The average molecular weight is 251 g/mol. The van der Waals surface area contributed by atoms with Crippen molar-refractivity contribution in [3.63, 3.8) is 0 Å². The normalized spacial score (nSPS) is 9.43. The molecule has 1 aromatic rings. The molecule has 0 saturated heterocycles. The quantitative estimate of drug-likeness (QED) is 0.455. The molecule has 1 aromatic carbocycles. The predicted octanol–water partition coefficient (Wildman–Crippen LogP) is 3.44. The monoisotopic (exact) mass is 250 g/mol. The Bertz CT molecular complexity index is 363. The van der Waals surface area contributed by atoms with Gasteiger partial charge in [-0.3, -0.25) is 4.79 Å². The first-order chi connectivity index (χ1) is 6.74. The molecule has 0 fully saturated rings. The maximum Gasteiger partial charge on any atom is 0.162 e. The highest BCUT2D eigenvalue weighted by molar-refractivity contribution is 9.10. The fourth-order valence-corrected chi connectivity index (χ4v) is 1.56. The van der Waals surface area contributed by atoms with Gasteiger partial charge >= 0.3 is 0 Å². The maximum absolute atomic E-state index is 11.6. The Labute approximate surface area is 92.6 Å². The maximum atomic E-state index is 11.6. The first-order valence-electron chi connectivity index (χ1n) is 4.46. The van der Waals surface area contributed by atoms with Crippen molar-refractivity contribution < 1.29 is 4.79 Å². The van der Waals surface area contributed by atoms with Crippen LogP contribution in [0.4, 0.5) is 0 Å². The summed E-state index contributed by atoms with van der Waals surface area (Å²) in [6, 6.07) is 7.41. The molecule has 2 heteroatoms. The second-order valence-electron chi connectivity index (χ2n) is 2.99. The average Bonchev–Trinajstić information content (AvgIpc) is 2.18. The molecule has 0 atom stereocenters. The molecular formula is C12H11BrO. The summed E-state index contributed by atoms with van der Waals surface area (Å²) in [5.74, 6) is 2.68. The van der Waals surface area contributed by atoms with Crippen molar-refractivity contribution in [2.75, 3.05) is 0 Å². The topological polar surface area (TPSA) is 17.1 Å². The Morgan fingerprint density at radius 1 is 1.50 bits per heavy atom. The number of rotatable bonds is 4. The fourth-order valence-electron chi connectivity index (χ4n) is 1.16. The number of Topliss-reactive ketones (excluding diaryl/α,β-unsaturated/α-hetero) is 1. The van der Waals surface area contributed by atoms with Gasteiger partial charge in [-0.15, -0.1) is 12.3 Å². The summed E-state index contributed by atoms with van der Waals surface area (Å²) < 4.78 is 0.931. The summed E-state index contributed by atoms with van der Waals surface area (Å²) in [7, 11) is 0. The van der Waals surface area contributed by atoms with Crippen LogP contribution in [0.25, 0.3) is 0 Å². The predicted molar refractivity (Wildman–Crippen MR) is 61.2 cm³/mol. The first-order valence-corrected chi connectivity index (χ1v) is 5.25. The second-order valence-corrected chi connectivity index (χ2v) is 3.91. The van der Waals surface area contributed by atoms with Crippen molar-refractivity contribution in [1.82, 2.24) is 0 Å². The number of terminal acetylenes is 1. The van der Waals surface area contributed by atoms with E-state index in [1.54, 1.807) is 0 Å². The van der Waals surface area contributed by atoms with Crippen LogP contribution in [-0.2, 0) is 0 Å². The molecule has 0 radical (unpaired) electrons. The molecule has 1 rings (SSSR count). The van der Waals surface area contributed by atoms with Crippen molar-refractivity contribution in [2.24, 2.45) is 0 Å². The Kier molecular flexibility index (Phi) is 4.42. The molecule has 0 aliphatic rings. The lowest BCUT2D eigenvalue weighted by Crippen LogP contribution is -1.98. The minimum absolute atomic E-state index is 0.154. The van der Waals surface area contributed by atoms with Crippen LogP contribution in [0.3, 0.4) is 0 Å². The standard InChI is InChI=1S/C12H11BrO/c1-2-3-4-8-12(14)10-6-5-7-11(13)9-10/h1,5-7,9H,3-4,8H2. The number of carbonyl (C=O) groups is 1. The van der Waals surface area contributed by atoms with Crippen molar-refractivity contribution in [2.45, 2.75) is 19.3 Å². The van der Waals surface area contributed by atoms with Gasteiger partial charge in [0.05, 0.1) is 0 Å². The van der Waals surface area contributed by atoms with Crippen LogP contribution in [0, 0.1) is 12.3 Å². The summed E-state index contributed by atoms with van der Waals surface area (Å²) >= 11 is 3.33. The number of ketones is 1. The van der Waals surface area contributed by atoms with Gasteiger partial charge in [-0.05, 0) is 18.6 Å². The largest absolute Gasteiger partial charge is 0.294 e. The van der Waals surface area contributed by atoms with Gasteiger partial charge < -0.3 is 0 Å². The van der Waals surface area contributed by atoms with Crippen LogP contribution in [0.5, 0.6) is 0 Å². The molecule has 0 aromatic heterocycles. The molecule has 72 valence electrons. The lowest BCUT2D eigenvalue weighted by Gasteiger charge is -1.99. The van der Waals surface area contributed by atoms with Crippen LogP contribution in [0.15, 0.2) is 28.7 Å². The molecule has 0 spiro atoms. The summed E-state index contributed by atoms with van der Waals surface area (Å²) in [5.41, 5.74) is 0.747. The lowest BCUT2D eigenvalue weighted by molar-refractivity contribution is 0.0980. The Morgan fingerprint density at radius 2 is 2.29 bits per heavy atom. The van der Waals surface area contributed by atoms with Crippen molar-refractivity contribution in [3.05, 3.63) is 34.3 Å². The van der Waals surface area contributed by atoms with E-state index in [4.69, 9.17) is 6.42 Å². The van der Waals surface area contributed by atoms with Crippen LogP contribution >= 0.6 is 15.9 Å². The van der Waals surface area contributed by atoms with Gasteiger partial charge in [0.15, 0.2) is 5.78 Å². The van der Waals surface area contributed by atoms with Crippen LogP contribution < -0.4 is 0 Å². The van der Waals surface area contributed by atoms with Gasteiger partial charge in [0, 0.05) is 22.9 Å². The van der Waals surface area contributed by atoms with Gasteiger partial charge in [0.2, 0.25) is 0 Å². The smallest absolute Gasteiger partial charge is 0.162 e. The van der Waals surface area contributed by atoms with Crippen LogP contribution in [-0.4, -0.2) is 5.78 Å². The molecule has 0 saturated carbocycles. The van der Waals surface area contributed by atoms with E-state index in [-0.39, 0.29) is 5.78 Å². The third-order valence-electron chi connectivity index (χ3n) is 1.87. The molecule has 0 aliphatic carbocycles. The zero-order valence-electron chi connectivity index (χ0n) is 7.79. The Morgan fingerprint density at radius 3 is 2.93 bits per heavy atom. The first kappa shape index (κ1) is 11.0. The third-order valence-corrected chi connectivity index (χ3v) is 2.36. The number of unbranched alkanes of at least 4 members (excludes halogenated alkanes) is 1. The molecule has 0 heterocycles. The molecule has 0 amide bonds. The van der Waals surface area contributed by atoms with Gasteiger partial charge in [-0.1, -0.05) is 28.1 Å². The third kappa shape index (κ3) is 3.35. The van der Waals surface area contributed by atoms with Gasteiger partial charge in [0.1, 0.15) is 0 Å². The number of carbonyl (C=O) groups excluding carboxylic acids is 1. The second kappa shape index (κ2) is 5.62. The van der Waals surface area contributed by atoms with Crippen LogP contribution in [0.2, 0.25) is 0 Å². The fraction of sp³-hybridized carbons (Fsp3) is 0.250. The Hall–Kier alpha value is -1.07. The number of hydrogen-bond acceptors (Lipinski definition) is 1. The molecule has 0 bridgehead atoms. The molecule has 0 N–H and O–H groups in total. The molecule has 0 aliphatic heterocycles. The lowest BCUT2D eigenvalue weighted by atomic mass is 10.1. The minimum Gasteiger partial charge on any atom is -0.294 e. The number of hydrogen-bond donors (Lipinski definition) is 0. The SMILES string of the molecule is C#CCCCC(=O)c1cccc(Br)c1. The summed E-state index contributed by atoms with van der Waals surface area (Å²) in [6.07, 6.45) is 7.07. The highest BCUT2D eigenvalue weighted by Gasteiger charge is 2.04. The van der Waals surface area contributed by atoms with E-state index in [1.807, 2.05) is 24.3 Å². The summed E-state index contributed by atoms with van der Waals surface area (Å²) in [5, 5.41) is 0. The molecular weight excluding hydrogens is 240 g/mol. The number of halogens is 1. The minimum atomic E-state index is 0.154. The highest BCUT2D eigenvalue weighted by atomic mass is 79.9. The van der Waals surface area contributed by atoms with E-state index < -0.39 is 0 Å². The summed E-state index contributed by atoms with van der Waals surface area (Å²) in [6.45, 7) is 0. The van der Waals surface area contributed by atoms with E-state index in [0.29, 0.717) is 12.8 Å². The zero-order chi connectivity index (χ0) is 10.4. The van der Waals surface area contributed by atoms with E-state index in [1.165, 1.54) is 0 Å². The number of benzene rings is 1. The van der Waals surface area contributed by atoms with Gasteiger partial charge in [-0.2, -0.15) is 0 Å². The van der Waals surface area contributed by atoms with Crippen LogP contribution in [0.1, 0.15) is 29.6 Å². The van der Waals surface area contributed by atoms with Crippen molar-refractivity contribution in [1.29, 1.82) is 0 Å².